The van der Waals surface area contributed by atoms with E-state index in [9.17, 15) is 0 Å². The van der Waals surface area contributed by atoms with Crippen LogP contribution in [0.3, 0.4) is 0 Å². The molecule has 19 heavy (non-hydrogen) atoms. The van der Waals surface area contributed by atoms with E-state index in [2.05, 4.69) is 34.3 Å². The fraction of sp³-hybridized carbons (Fsp3) is 0.222. The van der Waals surface area contributed by atoms with Gasteiger partial charge in [0.2, 0.25) is 0 Å². The standard InChI is InChI=1S/C11H11.C7H13.Li/c1-3-5-11-8-6-10(4-2)7-9-11;1-4-7(5-2)6-3;/h3-9H,1-2H2;7H,1-6H2;/q-1;-3;+1/b5-3-;;. The zero-order valence-electron chi connectivity index (χ0n) is 12.3. The monoisotopic (exact) mass is 247 g/mol. The second kappa shape index (κ2) is 13.6. The van der Waals surface area contributed by atoms with Crippen LogP contribution in [0.2, 0.25) is 0 Å². The second-order valence-corrected chi connectivity index (χ2v) is 4.01. The van der Waals surface area contributed by atoms with Crippen molar-refractivity contribution in [1.29, 1.82) is 0 Å². The minimum atomic E-state index is 0. The van der Waals surface area contributed by atoms with Gasteiger partial charge in [-0.2, -0.15) is 19.3 Å². The van der Waals surface area contributed by atoms with Crippen LogP contribution in [0.4, 0.5) is 0 Å². The summed E-state index contributed by atoms with van der Waals surface area (Å²) in [5, 5.41) is 0. The molecule has 0 spiro atoms. The predicted molar refractivity (Wildman–Crippen MR) is 84.3 cm³/mol. The molecule has 0 N–H and O–H groups in total. The van der Waals surface area contributed by atoms with Crippen molar-refractivity contribution in [3.05, 3.63) is 75.7 Å². The van der Waals surface area contributed by atoms with Crippen LogP contribution in [0, 0.1) is 33.6 Å². The molecule has 0 radical (unpaired) electrons. The van der Waals surface area contributed by atoms with Gasteiger partial charge in [-0.05, 0) is 5.56 Å². The Morgan fingerprint density at radius 1 is 0.947 bits per heavy atom. The Kier molecular flexibility index (Phi) is 14.7. The minimum Gasteiger partial charge on any atom is -0.343 e. The zero-order valence-corrected chi connectivity index (χ0v) is 12.3. The van der Waals surface area contributed by atoms with Crippen molar-refractivity contribution in [2.45, 2.75) is 19.3 Å². The van der Waals surface area contributed by atoms with E-state index in [0.717, 1.165) is 24.8 Å². The van der Waals surface area contributed by atoms with Gasteiger partial charge >= 0.3 is 18.9 Å². The first-order valence-corrected chi connectivity index (χ1v) is 6.27. The van der Waals surface area contributed by atoms with Gasteiger partial charge in [-0.25, -0.2) is 19.1 Å². The van der Waals surface area contributed by atoms with Crippen LogP contribution in [0.15, 0.2) is 36.9 Å². The molecular weight excluding hydrogens is 223 g/mol. The van der Waals surface area contributed by atoms with Crippen molar-refractivity contribution in [2.75, 3.05) is 0 Å². The molecule has 0 saturated heterocycles. The number of hydrogen-bond donors (Lipinski definition) is 0. The van der Waals surface area contributed by atoms with Crippen molar-refractivity contribution in [2.24, 2.45) is 5.92 Å². The molecule has 0 aliphatic carbocycles. The van der Waals surface area contributed by atoms with Crippen LogP contribution < -0.4 is 18.9 Å². The first-order valence-electron chi connectivity index (χ1n) is 6.27. The van der Waals surface area contributed by atoms with Crippen LogP contribution >= 0.6 is 0 Å². The van der Waals surface area contributed by atoms with E-state index in [4.69, 9.17) is 0 Å². The van der Waals surface area contributed by atoms with Gasteiger partial charge in [-0.15, -0.1) is 11.5 Å². The number of allylic oxidation sites excluding steroid dienone is 1. The van der Waals surface area contributed by atoms with E-state index in [0.29, 0.717) is 5.92 Å². The second-order valence-electron chi connectivity index (χ2n) is 4.01. The maximum atomic E-state index is 3.75. The van der Waals surface area contributed by atoms with E-state index >= 15 is 0 Å². The fourth-order valence-electron chi connectivity index (χ4n) is 1.31. The summed E-state index contributed by atoms with van der Waals surface area (Å²) in [4.78, 5) is 0. The zero-order chi connectivity index (χ0) is 13.8. The Morgan fingerprint density at radius 3 is 1.63 bits per heavy atom. The third-order valence-electron chi connectivity index (χ3n) is 2.71. The van der Waals surface area contributed by atoms with Crippen molar-refractivity contribution < 1.29 is 18.9 Å². The van der Waals surface area contributed by atoms with Gasteiger partial charge in [0.25, 0.3) is 0 Å². The summed E-state index contributed by atoms with van der Waals surface area (Å²) >= 11 is 0. The van der Waals surface area contributed by atoms with E-state index in [-0.39, 0.29) is 18.9 Å². The Bertz CT molecular complexity index is 326. The summed E-state index contributed by atoms with van der Waals surface area (Å²) in [5.41, 5.74) is 2.32. The molecule has 0 bridgehead atoms. The number of benzene rings is 1. The van der Waals surface area contributed by atoms with Crippen molar-refractivity contribution in [3.63, 3.8) is 0 Å². The summed E-state index contributed by atoms with van der Waals surface area (Å²) in [6.45, 7) is 18.5. The summed E-state index contributed by atoms with van der Waals surface area (Å²) in [5.74, 6) is 0.653. The average Bonchev–Trinajstić information content (AvgIpc) is 2.43. The summed E-state index contributed by atoms with van der Waals surface area (Å²) in [6, 6.07) is 8.14. The van der Waals surface area contributed by atoms with Crippen molar-refractivity contribution in [3.8, 4) is 0 Å². The Morgan fingerprint density at radius 2 is 1.37 bits per heavy atom. The van der Waals surface area contributed by atoms with Gasteiger partial charge in [0.05, 0.1) is 0 Å². The molecule has 0 heterocycles. The van der Waals surface area contributed by atoms with Crippen molar-refractivity contribution >= 4 is 12.2 Å². The smallest absolute Gasteiger partial charge is 0.343 e. The van der Waals surface area contributed by atoms with Crippen LogP contribution in [0.5, 0.6) is 0 Å². The molecule has 0 aliphatic rings. The van der Waals surface area contributed by atoms with Crippen LogP contribution in [-0.4, -0.2) is 0 Å². The fourth-order valence-corrected chi connectivity index (χ4v) is 1.31. The largest absolute Gasteiger partial charge is 1.00 e. The van der Waals surface area contributed by atoms with E-state index in [1.54, 1.807) is 6.08 Å². The summed E-state index contributed by atoms with van der Waals surface area (Å²) < 4.78 is 0. The molecule has 1 heteroatoms. The summed E-state index contributed by atoms with van der Waals surface area (Å²) in [6.07, 6.45) is 8.51. The first kappa shape index (κ1) is 20.5. The molecule has 100 valence electrons. The number of hydrogen-bond acceptors (Lipinski definition) is 0. The molecule has 1 rings (SSSR count). The van der Waals surface area contributed by atoms with Gasteiger partial charge in [0, 0.05) is 0 Å². The van der Waals surface area contributed by atoms with E-state index in [1.165, 1.54) is 5.56 Å². The first-order chi connectivity index (χ1) is 8.71. The quantitative estimate of drug-likeness (QED) is 0.554. The van der Waals surface area contributed by atoms with E-state index in [1.807, 2.05) is 36.4 Å². The normalized spacial score (nSPS) is 9.68. The van der Waals surface area contributed by atoms with Gasteiger partial charge in [-0.3, -0.25) is 0 Å². The van der Waals surface area contributed by atoms with E-state index < -0.39 is 0 Å². The molecule has 0 amide bonds. The van der Waals surface area contributed by atoms with Crippen LogP contribution in [-0.2, 0) is 0 Å². The average molecular weight is 247 g/mol. The minimum absolute atomic E-state index is 0. The third kappa shape index (κ3) is 9.71. The molecule has 1 aromatic rings. The molecular formula is C18H24Li-3. The maximum absolute atomic E-state index is 3.75. The van der Waals surface area contributed by atoms with Crippen molar-refractivity contribution in [1.82, 2.24) is 0 Å². The van der Waals surface area contributed by atoms with Gasteiger partial charge in [0.1, 0.15) is 0 Å². The molecule has 0 unspecified atom stereocenters. The SMILES string of the molecule is C=Cc1ccc(/C=C\[CH2-])cc1.[CH2-]CC(C[CH2-])C[CH2-].[Li+]. The molecule has 0 aromatic heterocycles. The Labute approximate surface area is 132 Å². The summed E-state index contributed by atoms with van der Waals surface area (Å²) in [7, 11) is 0. The third-order valence-corrected chi connectivity index (χ3v) is 2.71. The van der Waals surface area contributed by atoms with Gasteiger partial charge in [-0.1, -0.05) is 36.9 Å². The Hall–Kier alpha value is -0.833. The molecule has 1 aromatic carbocycles. The topological polar surface area (TPSA) is 0 Å². The molecule has 0 fully saturated rings. The Balaban J connectivity index is 0. The molecule has 0 atom stereocenters. The predicted octanol–water partition coefficient (Wildman–Crippen LogP) is 2.46. The van der Waals surface area contributed by atoms with Gasteiger partial charge in [0.15, 0.2) is 0 Å². The number of rotatable bonds is 5. The van der Waals surface area contributed by atoms with Crippen LogP contribution in [0.25, 0.3) is 12.2 Å². The van der Waals surface area contributed by atoms with Crippen LogP contribution in [0.1, 0.15) is 30.4 Å². The van der Waals surface area contributed by atoms with Gasteiger partial charge < -0.3 is 20.8 Å². The molecule has 0 aliphatic heterocycles. The molecule has 0 nitrogen and oxygen atoms in total. The molecule has 0 saturated carbocycles. The maximum Gasteiger partial charge on any atom is 1.00 e.